The summed E-state index contributed by atoms with van der Waals surface area (Å²) >= 11 is 0. The second-order valence-corrected chi connectivity index (χ2v) is 5.78. The molecule has 0 radical (unpaired) electrons. The number of fused-ring (bicyclic) bond motifs is 1. The molecule has 0 aliphatic heterocycles. The Balaban J connectivity index is 2.83. The van der Waals surface area contributed by atoms with Crippen molar-refractivity contribution in [3.63, 3.8) is 0 Å². The summed E-state index contributed by atoms with van der Waals surface area (Å²) in [5.74, 6) is -2.78. The van der Waals surface area contributed by atoms with Gasteiger partial charge in [0, 0.05) is 18.1 Å². The molecule has 0 bridgehead atoms. The van der Waals surface area contributed by atoms with Crippen LogP contribution in [0.1, 0.15) is 45.5 Å². The first-order chi connectivity index (χ1) is 9.73. The summed E-state index contributed by atoms with van der Waals surface area (Å²) in [5, 5.41) is 9.49. The van der Waals surface area contributed by atoms with E-state index in [9.17, 15) is 18.7 Å². The van der Waals surface area contributed by atoms with Crippen LogP contribution in [0.5, 0.6) is 0 Å². The summed E-state index contributed by atoms with van der Waals surface area (Å²) in [6.45, 7) is 7.27. The highest BCUT2D eigenvalue weighted by molar-refractivity contribution is 5.81. The molecular formula is C15H18F2N2O2. The van der Waals surface area contributed by atoms with Gasteiger partial charge >= 0.3 is 5.97 Å². The molecule has 0 aliphatic rings. The average molecular weight is 296 g/mol. The van der Waals surface area contributed by atoms with Crippen molar-refractivity contribution in [2.75, 3.05) is 0 Å². The number of hydrogen-bond acceptors (Lipinski definition) is 2. The second-order valence-electron chi connectivity index (χ2n) is 5.78. The predicted octanol–water partition coefficient (Wildman–Crippen LogP) is 3.72. The van der Waals surface area contributed by atoms with Gasteiger partial charge in [-0.05, 0) is 5.92 Å². The highest BCUT2D eigenvalue weighted by Gasteiger charge is 2.29. The van der Waals surface area contributed by atoms with Crippen molar-refractivity contribution < 1.29 is 18.7 Å². The number of hydrogen-bond donors (Lipinski definition) is 1. The van der Waals surface area contributed by atoms with E-state index in [-0.39, 0.29) is 17.4 Å². The summed E-state index contributed by atoms with van der Waals surface area (Å²) in [5.41, 5.74) is 0.572. The van der Waals surface area contributed by atoms with Gasteiger partial charge in [0.2, 0.25) is 0 Å². The molecule has 2 aromatic rings. The van der Waals surface area contributed by atoms with Gasteiger partial charge in [0.25, 0.3) is 0 Å². The number of benzene rings is 1. The Morgan fingerprint density at radius 3 is 2.24 bits per heavy atom. The van der Waals surface area contributed by atoms with Crippen molar-refractivity contribution in [1.82, 2.24) is 9.55 Å². The number of aliphatic carboxylic acids is 1. The van der Waals surface area contributed by atoms with E-state index in [1.807, 2.05) is 13.8 Å². The van der Waals surface area contributed by atoms with Crippen LogP contribution >= 0.6 is 0 Å². The van der Waals surface area contributed by atoms with Crippen LogP contribution < -0.4 is 0 Å². The van der Waals surface area contributed by atoms with E-state index >= 15 is 0 Å². The largest absolute Gasteiger partial charge is 0.480 e. The normalized spacial score (nSPS) is 13.3. The van der Waals surface area contributed by atoms with Gasteiger partial charge in [0.05, 0.1) is 11.0 Å². The van der Waals surface area contributed by atoms with Gasteiger partial charge in [0.1, 0.15) is 11.9 Å². The minimum absolute atomic E-state index is 0.0656. The fraction of sp³-hybridized carbons (Fsp3) is 0.467. The molecule has 1 aromatic carbocycles. The number of imidazole rings is 1. The van der Waals surface area contributed by atoms with Gasteiger partial charge in [-0.3, -0.25) is 0 Å². The molecule has 1 N–H and O–H groups in total. The first kappa shape index (κ1) is 15.4. The molecule has 114 valence electrons. The van der Waals surface area contributed by atoms with Crippen LogP contribution in [0.4, 0.5) is 8.78 Å². The van der Waals surface area contributed by atoms with E-state index in [1.54, 1.807) is 13.8 Å². The van der Waals surface area contributed by atoms with Crippen molar-refractivity contribution >= 4 is 17.0 Å². The zero-order valence-corrected chi connectivity index (χ0v) is 12.4. The fourth-order valence-corrected chi connectivity index (χ4v) is 2.50. The lowest BCUT2D eigenvalue weighted by Crippen LogP contribution is -2.26. The smallest absolute Gasteiger partial charge is 0.327 e. The minimum Gasteiger partial charge on any atom is -0.480 e. The zero-order chi connectivity index (χ0) is 15.9. The van der Waals surface area contributed by atoms with Crippen LogP contribution in [0.15, 0.2) is 12.1 Å². The first-order valence-electron chi connectivity index (χ1n) is 6.83. The van der Waals surface area contributed by atoms with Crippen molar-refractivity contribution in [2.45, 2.75) is 39.7 Å². The molecule has 0 saturated heterocycles. The minimum atomic E-state index is -1.02. The third-order valence-electron chi connectivity index (χ3n) is 3.44. The standard InChI is InChI=1S/C15H18F2N2O2/c1-7(2)13(15(20)21)19-12-6-10(17)9(16)5-11(12)18-14(19)8(3)4/h5-8,13H,1-4H3,(H,20,21). The van der Waals surface area contributed by atoms with E-state index in [0.717, 1.165) is 12.1 Å². The quantitative estimate of drug-likeness (QED) is 0.935. The topological polar surface area (TPSA) is 55.1 Å². The molecule has 4 nitrogen and oxygen atoms in total. The number of halogens is 2. The molecular weight excluding hydrogens is 278 g/mol. The number of carbonyl (C=O) groups is 1. The molecule has 1 unspecified atom stereocenters. The van der Waals surface area contributed by atoms with E-state index in [2.05, 4.69) is 4.98 Å². The molecule has 0 spiro atoms. The van der Waals surface area contributed by atoms with Gasteiger partial charge in [-0.25, -0.2) is 18.6 Å². The van der Waals surface area contributed by atoms with Gasteiger partial charge in [-0.1, -0.05) is 27.7 Å². The van der Waals surface area contributed by atoms with Crippen LogP contribution in [0.25, 0.3) is 11.0 Å². The molecule has 0 amide bonds. The molecule has 21 heavy (non-hydrogen) atoms. The van der Waals surface area contributed by atoms with Crippen LogP contribution in [0.3, 0.4) is 0 Å². The van der Waals surface area contributed by atoms with Gasteiger partial charge in [0.15, 0.2) is 11.6 Å². The number of aromatic nitrogens is 2. The van der Waals surface area contributed by atoms with E-state index in [0.29, 0.717) is 11.3 Å². The average Bonchev–Trinajstić information content (AvgIpc) is 2.68. The lowest BCUT2D eigenvalue weighted by molar-refractivity contribution is -0.142. The Kier molecular flexibility index (Phi) is 3.98. The van der Waals surface area contributed by atoms with Gasteiger partial charge < -0.3 is 9.67 Å². The lowest BCUT2D eigenvalue weighted by Gasteiger charge is -2.22. The fourth-order valence-electron chi connectivity index (χ4n) is 2.50. The molecule has 1 heterocycles. The molecule has 6 heteroatoms. The van der Waals surface area contributed by atoms with E-state index in [1.165, 1.54) is 4.57 Å². The second kappa shape index (κ2) is 5.42. The first-order valence-corrected chi connectivity index (χ1v) is 6.83. The Bertz CT molecular complexity index is 693. The summed E-state index contributed by atoms with van der Waals surface area (Å²) in [7, 11) is 0. The van der Waals surface area contributed by atoms with Gasteiger partial charge in [-0.2, -0.15) is 0 Å². The lowest BCUT2D eigenvalue weighted by atomic mass is 10.0. The predicted molar refractivity (Wildman–Crippen MR) is 75.2 cm³/mol. The third-order valence-corrected chi connectivity index (χ3v) is 3.44. The Morgan fingerprint density at radius 2 is 1.76 bits per heavy atom. The van der Waals surface area contributed by atoms with E-state index in [4.69, 9.17) is 0 Å². The molecule has 1 atom stereocenters. The Morgan fingerprint density at radius 1 is 1.19 bits per heavy atom. The monoisotopic (exact) mass is 296 g/mol. The van der Waals surface area contributed by atoms with Crippen molar-refractivity contribution in [2.24, 2.45) is 5.92 Å². The van der Waals surface area contributed by atoms with Crippen LogP contribution in [-0.4, -0.2) is 20.6 Å². The van der Waals surface area contributed by atoms with Crippen LogP contribution in [-0.2, 0) is 4.79 Å². The highest BCUT2D eigenvalue weighted by Crippen LogP contribution is 2.31. The number of rotatable bonds is 4. The third kappa shape index (κ3) is 2.62. The zero-order valence-electron chi connectivity index (χ0n) is 12.4. The number of nitrogens with zero attached hydrogens (tertiary/aromatic N) is 2. The molecule has 0 fully saturated rings. The maximum absolute atomic E-state index is 13.5. The highest BCUT2D eigenvalue weighted by atomic mass is 19.2. The summed E-state index contributed by atoms with van der Waals surface area (Å²) in [6.07, 6.45) is 0. The molecule has 0 saturated carbocycles. The van der Waals surface area contributed by atoms with Crippen LogP contribution in [0.2, 0.25) is 0 Å². The molecule has 1 aromatic heterocycles. The Labute approximate surface area is 121 Å². The molecule has 2 rings (SSSR count). The summed E-state index contributed by atoms with van der Waals surface area (Å²) in [6, 6.07) is 1.14. The summed E-state index contributed by atoms with van der Waals surface area (Å²) in [4.78, 5) is 15.9. The molecule has 0 aliphatic carbocycles. The van der Waals surface area contributed by atoms with Crippen LogP contribution in [0, 0.1) is 17.6 Å². The van der Waals surface area contributed by atoms with Crippen molar-refractivity contribution in [1.29, 1.82) is 0 Å². The van der Waals surface area contributed by atoms with E-state index < -0.39 is 23.6 Å². The number of carboxylic acids is 1. The maximum atomic E-state index is 13.5. The SMILES string of the molecule is CC(C)c1nc2cc(F)c(F)cc2n1C(C(=O)O)C(C)C. The number of carboxylic acid groups (broad SMARTS) is 1. The van der Waals surface area contributed by atoms with Gasteiger partial charge in [-0.15, -0.1) is 0 Å². The summed E-state index contributed by atoms with van der Waals surface area (Å²) < 4.78 is 28.4. The maximum Gasteiger partial charge on any atom is 0.327 e. The van der Waals surface area contributed by atoms with Crippen molar-refractivity contribution in [3.05, 3.63) is 29.6 Å². The Hall–Kier alpha value is -1.98. The van der Waals surface area contributed by atoms with Crippen molar-refractivity contribution in [3.8, 4) is 0 Å².